The maximum atomic E-state index is 10.1. The van der Waals surface area contributed by atoms with Crippen molar-refractivity contribution in [1.82, 2.24) is 0 Å². The van der Waals surface area contributed by atoms with Gasteiger partial charge in [0.2, 0.25) is 0 Å². The maximum Gasteiger partial charge on any atom is 0.161 e. The fourth-order valence-electron chi connectivity index (χ4n) is 3.02. The molecule has 0 unspecified atom stereocenters. The van der Waals surface area contributed by atoms with Gasteiger partial charge in [-0.3, -0.25) is 0 Å². The van der Waals surface area contributed by atoms with Crippen molar-refractivity contribution < 1.29 is 19.9 Å². The minimum absolute atomic E-state index is 0.0924. The highest BCUT2D eigenvalue weighted by Crippen LogP contribution is 2.37. The van der Waals surface area contributed by atoms with E-state index in [1.54, 1.807) is 20.3 Å². The van der Waals surface area contributed by atoms with Crippen LogP contribution >= 0.6 is 0 Å². The third-order valence-electron chi connectivity index (χ3n) is 4.07. The van der Waals surface area contributed by atoms with Crippen molar-refractivity contribution in [3.8, 4) is 17.2 Å². The number of ether oxygens (including phenoxy) is 2. The van der Waals surface area contributed by atoms with Crippen LogP contribution in [0.1, 0.15) is 22.7 Å². The Labute approximate surface area is 124 Å². The monoisotopic (exact) mass is 286 g/mol. The Balaban J connectivity index is 2.11. The second-order valence-electron chi connectivity index (χ2n) is 5.22. The summed E-state index contributed by atoms with van der Waals surface area (Å²) in [5.74, 6) is 1.82. The quantitative estimate of drug-likeness (QED) is 0.901. The summed E-state index contributed by atoms with van der Waals surface area (Å²) in [6, 6.07) is 11.7. The Hall–Kier alpha value is -2.20. The normalized spacial score (nSPS) is 17.1. The predicted molar refractivity (Wildman–Crippen MR) is 80.0 cm³/mol. The number of para-hydroxylation sites is 1. The smallest absolute Gasteiger partial charge is 0.161 e. The summed E-state index contributed by atoms with van der Waals surface area (Å²) in [7, 11) is 3.30. The van der Waals surface area contributed by atoms with E-state index < -0.39 is 0 Å². The lowest BCUT2D eigenvalue weighted by Crippen LogP contribution is -2.87. The Kier molecular flexibility index (Phi) is 3.71. The van der Waals surface area contributed by atoms with Crippen molar-refractivity contribution in [3.05, 3.63) is 53.1 Å². The summed E-state index contributed by atoms with van der Waals surface area (Å²) in [6.45, 7) is 0.988. The van der Waals surface area contributed by atoms with Gasteiger partial charge in [0.1, 0.15) is 11.8 Å². The van der Waals surface area contributed by atoms with E-state index in [1.165, 1.54) is 11.1 Å². The number of nitrogens with two attached hydrogens (primary N) is 1. The second kappa shape index (κ2) is 5.66. The van der Waals surface area contributed by atoms with Crippen LogP contribution in [0.2, 0.25) is 0 Å². The standard InChI is InChI=1S/C17H19NO3/c1-20-15-9-11-7-8-18-17(13(11)10-16(15)21-2)12-5-3-4-6-14(12)19/h3-6,9-10,17-19H,7-8H2,1-2H3/p+1/t17-/m0/s1. The molecule has 0 saturated heterocycles. The Morgan fingerprint density at radius 1 is 1.05 bits per heavy atom. The zero-order valence-corrected chi connectivity index (χ0v) is 12.3. The average Bonchev–Trinajstić information content (AvgIpc) is 2.53. The predicted octanol–water partition coefficient (Wildman–Crippen LogP) is 1.62. The van der Waals surface area contributed by atoms with Gasteiger partial charge in [0.05, 0.1) is 26.3 Å². The van der Waals surface area contributed by atoms with Gasteiger partial charge in [-0.05, 0) is 29.8 Å². The molecule has 0 aromatic heterocycles. The van der Waals surface area contributed by atoms with Gasteiger partial charge in [0, 0.05) is 12.0 Å². The number of phenols is 1. The first-order valence-electron chi connectivity index (χ1n) is 7.10. The van der Waals surface area contributed by atoms with Gasteiger partial charge in [-0.25, -0.2) is 0 Å². The van der Waals surface area contributed by atoms with E-state index in [0.717, 1.165) is 30.0 Å². The number of quaternary nitrogens is 1. The summed E-state index contributed by atoms with van der Waals surface area (Å²) < 4.78 is 10.8. The maximum absolute atomic E-state index is 10.1. The van der Waals surface area contributed by atoms with E-state index in [1.807, 2.05) is 30.3 Å². The molecule has 110 valence electrons. The zero-order chi connectivity index (χ0) is 14.8. The lowest BCUT2D eigenvalue weighted by molar-refractivity contribution is -0.690. The lowest BCUT2D eigenvalue weighted by Gasteiger charge is -2.26. The largest absolute Gasteiger partial charge is 0.507 e. The molecule has 1 aliphatic heterocycles. The van der Waals surface area contributed by atoms with Crippen LogP contribution in [0, 0.1) is 0 Å². The molecular formula is C17H20NO3+. The molecule has 3 rings (SSSR count). The molecule has 2 aromatic rings. The van der Waals surface area contributed by atoms with Crippen molar-refractivity contribution in [2.24, 2.45) is 0 Å². The van der Waals surface area contributed by atoms with Crippen LogP contribution in [0.15, 0.2) is 36.4 Å². The third kappa shape index (κ3) is 2.43. The molecule has 0 spiro atoms. The first-order valence-corrected chi connectivity index (χ1v) is 7.10. The van der Waals surface area contributed by atoms with Gasteiger partial charge in [-0.15, -0.1) is 0 Å². The summed E-state index contributed by atoms with van der Waals surface area (Å²) in [6.07, 6.45) is 0.986. The molecule has 4 nitrogen and oxygen atoms in total. The summed E-state index contributed by atoms with van der Waals surface area (Å²) in [5.41, 5.74) is 3.37. The van der Waals surface area contributed by atoms with Gasteiger partial charge in [-0.2, -0.15) is 0 Å². The summed E-state index contributed by atoms with van der Waals surface area (Å²) in [5, 5.41) is 12.4. The number of phenolic OH excluding ortho intramolecular Hbond substituents is 1. The van der Waals surface area contributed by atoms with Crippen LogP contribution in [-0.4, -0.2) is 25.9 Å². The Bertz CT molecular complexity index is 654. The minimum atomic E-state index is 0.0924. The molecule has 2 aromatic carbocycles. The fourth-order valence-corrected chi connectivity index (χ4v) is 3.02. The Morgan fingerprint density at radius 2 is 1.76 bits per heavy atom. The van der Waals surface area contributed by atoms with Gasteiger partial charge in [0.15, 0.2) is 11.5 Å². The topological polar surface area (TPSA) is 55.3 Å². The molecule has 0 radical (unpaired) electrons. The van der Waals surface area contributed by atoms with Gasteiger partial charge in [0.25, 0.3) is 0 Å². The van der Waals surface area contributed by atoms with E-state index in [9.17, 15) is 5.11 Å². The van der Waals surface area contributed by atoms with Crippen LogP contribution in [-0.2, 0) is 6.42 Å². The fraction of sp³-hybridized carbons (Fsp3) is 0.294. The molecule has 0 amide bonds. The highest BCUT2D eigenvalue weighted by Gasteiger charge is 2.28. The van der Waals surface area contributed by atoms with Gasteiger partial charge >= 0.3 is 0 Å². The highest BCUT2D eigenvalue weighted by atomic mass is 16.5. The summed E-state index contributed by atoms with van der Waals surface area (Å²) >= 11 is 0. The number of aromatic hydroxyl groups is 1. The van der Waals surface area contributed by atoms with Crippen molar-refractivity contribution in [3.63, 3.8) is 0 Å². The first-order chi connectivity index (χ1) is 10.2. The molecule has 0 saturated carbocycles. The minimum Gasteiger partial charge on any atom is -0.507 e. The highest BCUT2D eigenvalue weighted by molar-refractivity contribution is 5.51. The van der Waals surface area contributed by atoms with E-state index in [4.69, 9.17) is 9.47 Å². The zero-order valence-electron chi connectivity index (χ0n) is 12.3. The van der Waals surface area contributed by atoms with Crippen molar-refractivity contribution in [2.75, 3.05) is 20.8 Å². The second-order valence-corrected chi connectivity index (χ2v) is 5.22. The number of methoxy groups -OCH3 is 2. The van der Waals surface area contributed by atoms with Gasteiger partial charge < -0.3 is 19.9 Å². The van der Waals surface area contributed by atoms with E-state index in [2.05, 4.69) is 5.32 Å². The molecule has 0 fully saturated rings. The molecule has 3 N–H and O–H groups in total. The SMILES string of the molecule is COc1cc2c(cc1OC)[C@H](c1ccccc1O)[NH2+]CC2. The van der Waals surface area contributed by atoms with Crippen LogP contribution < -0.4 is 14.8 Å². The van der Waals surface area contributed by atoms with Crippen molar-refractivity contribution >= 4 is 0 Å². The average molecular weight is 286 g/mol. The molecule has 0 bridgehead atoms. The molecule has 1 heterocycles. The molecule has 0 aliphatic carbocycles. The molecule has 1 aliphatic rings. The van der Waals surface area contributed by atoms with Crippen LogP contribution in [0.5, 0.6) is 17.2 Å². The van der Waals surface area contributed by atoms with Crippen LogP contribution in [0.4, 0.5) is 0 Å². The number of benzene rings is 2. The molecule has 21 heavy (non-hydrogen) atoms. The summed E-state index contributed by atoms with van der Waals surface area (Å²) in [4.78, 5) is 0. The van der Waals surface area contributed by atoms with E-state index in [-0.39, 0.29) is 6.04 Å². The lowest BCUT2D eigenvalue weighted by atomic mass is 9.89. The number of rotatable bonds is 3. The van der Waals surface area contributed by atoms with E-state index >= 15 is 0 Å². The molecular weight excluding hydrogens is 266 g/mol. The first kappa shape index (κ1) is 13.8. The van der Waals surface area contributed by atoms with Crippen LogP contribution in [0.25, 0.3) is 0 Å². The third-order valence-corrected chi connectivity index (χ3v) is 4.07. The number of hydrogen-bond acceptors (Lipinski definition) is 3. The molecule has 4 heteroatoms. The van der Waals surface area contributed by atoms with E-state index in [0.29, 0.717) is 5.75 Å². The van der Waals surface area contributed by atoms with Crippen LogP contribution in [0.3, 0.4) is 0 Å². The Morgan fingerprint density at radius 3 is 2.48 bits per heavy atom. The van der Waals surface area contributed by atoms with Gasteiger partial charge in [-0.1, -0.05) is 12.1 Å². The van der Waals surface area contributed by atoms with Crippen molar-refractivity contribution in [1.29, 1.82) is 0 Å². The number of fused-ring (bicyclic) bond motifs is 1. The number of hydrogen-bond donors (Lipinski definition) is 2. The molecule has 1 atom stereocenters. The van der Waals surface area contributed by atoms with Crippen molar-refractivity contribution in [2.45, 2.75) is 12.5 Å².